The van der Waals surface area contributed by atoms with Crippen LogP contribution in [0.4, 0.5) is 9.18 Å². The number of ether oxygens (including phenoxy) is 1. The normalized spacial score (nSPS) is 14.9. The molecule has 0 N–H and O–H groups in total. The Balaban J connectivity index is 1.35. The van der Waals surface area contributed by atoms with E-state index in [1.165, 1.54) is 11.0 Å². The van der Waals surface area contributed by atoms with Gasteiger partial charge in [0.25, 0.3) is 11.1 Å². The molecular weight excluding hydrogens is 463 g/mol. The topological polar surface area (TPSA) is 51.5 Å². The van der Waals surface area contributed by atoms with Crippen molar-refractivity contribution >= 4 is 39.9 Å². The highest BCUT2D eigenvalue weighted by atomic mass is 32.2. The minimum Gasteiger partial charge on any atom is -0.492 e. The second-order valence-electron chi connectivity index (χ2n) is 8.32. The zero-order valence-electron chi connectivity index (χ0n) is 19.1. The molecule has 1 aromatic heterocycles. The van der Waals surface area contributed by atoms with Crippen LogP contribution in [0.1, 0.15) is 16.7 Å². The Labute approximate surface area is 206 Å². The van der Waals surface area contributed by atoms with E-state index in [0.717, 1.165) is 33.8 Å². The van der Waals surface area contributed by atoms with Crippen LogP contribution in [0.15, 0.2) is 83.9 Å². The predicted molar refractivity (Wildman–Crippen MR) is 137 cm³/mol. The van der Waals surface area contributed by atoms with Gasteiger partial charge in [-0.15, -0.1) is 0 Å². The van der Waals surface area contributed by atoms with E-state index < -0.39 is 0 Å². The van der Waals surface area contributed by atoms with Crippen LogP contribution < -0.4 is 4.74 Å². The Hall–Kier alpha value is -3.84. The monoisotopic (exact) mass is 486 g/mol. The molecule has 4 aromatic rings. The Morgan fingerprint density at radius 3 is 2.51 bits per heavy atom. The highest BCUT2D eigenvalue weighted by molar-refractivity contribution is 8.18. The van der Waals surface area contributed by atoms with Gasteiger partial charge in [-0.2, -0.15) is 0 Å². The molecule has 1 aliphatic rings. The number of para-hydroxylation sites is 1. The molecule has 2 heterocycles. The minimum absolute atomic E-state index is 0.172. The standard InChI is InChI=1S/C28H23FN2O3S/c1-19-10-12-22(13-11-19)34-15-14-31-27(32)26(35-28(31)33)16-21-18-30(25-9-5-3-7-23(21)25)17-20-6-2-4-8-24(20)29/h2-13,16,18H,14-15,17H2,1H3/b26-16-. The molecule has 2 amide bonds. The molecule has 35 heavy (non-hydrogen) atoms. The molecule has 5 nitrogen and oxygen atoms in total. The van der Waals surface area contributed by atoms with E-state index in [2.05, 4.69) is 0 Å². The number of fused-ring (bicyclic) bond motifs is 1. The van der Waals surface area contributed by atoms with Gasteiger partial charge >= 0.3 is 0 Å². The first kappa shape index (κ1) is 22.9. The summed E-state index contributed by atoms with van der Waals surface area (Å²) in [5, 5.41) is 0.613. The molecule has 1 fully saturated rings. The summed E-state index contributed by atoms with van der Waals surface area (Å²) >= 11 is 0.923. The van der Waals surface area contributed by atoms with Gasteiger partial charge in [-0.25, -0.2) is 4.39 Å². The molecule has 3 aromatic carbocycles. The Morgan fingerprint density at radius 1 is 0.971 bits per heavy atom. The average Bonchev–Trinajstić information content (AvgIpc) is 3.33. The van der Waals surface area contributed by atoms with Crippen molar-refractivity contribution in [1.29, 1.82) is 0 Å². The number of benzene rings is 3. The zero-order valence-corrected chi connectivity index (χ0v) is 19.9. The molecular formula is C28H23FN2O3S. The van der Waals surface area contributed by atoms with Gasteiger partial charge in [-0.05, 0) is 49.0 Å². The predicted octanol–water partition coefficient (Wildman–Crippen LogP) is 6.25. The highest BCUT2D eigenvalue weighted by Crippen LogP contribution is 2.34. The van der Waals surface area contributed by atoms with Crippen LogP contribution >= 0.6 is 11.8 Å². The molecule has 1 aliphatic heterocycles. The first-order chi connectivity index (χ1) is 17.0. The third-order valence-electron chi connectivity index (χ3n) is 5.88. The second kappa shape index (κ2) is 9.80. The first-order valence-electron chi connectivity index (χ1n) is 11.3. The van der Waals surface area contributed by atoms with E-state index in [-0.39, 0.29) is 30.1 Å². The lowest BCUT2D eigenvalue weighted by atomic mass is 10.1. The van der Waals surface area contributed by atoms with E-state index in [4.69, 9.17) is 4.74 Å². The molecule has 0 unspecified atom stereocenters. The number of halogens is 1. The van der Waals surface area contributed by atoms with Gasteiger partial charge in [0.2, 0.25) is 0 Å². The fraction of sp³-hybridized carbons (Fsp3) is 0.143. The second-order valence-corrected chi connectivity index (χ2v) is 9.31. The van der Waals surface area contributed by atoms with Gasteiger partial charge in [-0.3, -0.25) is 14.5 Å². The molecule has 1 saturated heterocycles. The van der Waals surface area contributed by atoms with Crippen LogP contribution in [-0.2, 0) is 11.3 Å². The van der Waals surface area contributed by atoms with Gasteiger partial charge in [0.15, 0.2) is 0 Å². The number of carbonyl (C=O) groups excluding carboxylic acids is 2. The van der Waals surface area contributed by atoms with Crippen LogP contribution in [-0.4, -0.2) is 33.8 Å². The fourth-order valence-electron chi connectivity index (χ4n) is 4.05. The number of hydrogen-bond donors (Lipinski definition) is 0. The van der Waals surface area contributed by atoms with Gasteiger partial charge < -0.3 is 9.30 Å². The number of rotatable bonds is 7. The molecule has 0 atom stereocenters. The molecule has 7 heteroatoms. The van der Waals surface area contributed by atoms with E-state index in [1.54, 1.807) is 18.2 Å². The summed E-state index contributed by atoms with van der Waals surface area (Å²) in [5.74, 6) is 0.0972. The van der Waals surface area contributed by atoms with Crippen LogP contribution in [0.25, 0.3) is 17.0 Å². The number of hydrogen-bond acceptors (Lipinski definition) is 4. The third kappa shape index (κ3) is 4.86. The van der Waals surface area contributed by atoms with E-state index >= 15 is 0 Å². The van der Waals surface area contributed by atoms with Crippen molar-refractivity contribution in [3.05, 3.63) is 106 Å². The lowest BCUT2D eigenvalue weighted by Crippen LogP contribution is -2.32. The first-order valence-corrected chi connectivity index (χ1v) is 12.1. The van der Waals surface area contributed by atoms with Crippen molar-refractivity contribution in [1.82, 2.24) is 9.47 Å². The summed E-state index contributed by atoms with van der Waals surface area (Å²) in [6.07, 6.45) is 3.64. The maximum absolute atomic E-state index is 14.2. The summed E-state index contributed by atoms with van der Waals surface area (Å²) in [6.45, 7) is 2.74. The van der Waals surface area contributed by atoms with E-state index in [1.807, 2.05) is 72.3 Å². The number of aryl methyl sites for hydroxylation is 1. The van der Waals surface area contributed by atoms with Gasteiger partial charge in [0.05, 0.1) is 18.0 Å². The lowest BCUT2D eigenvalue weighted by Gasteiger charge is -2.13. The summed E-state index contributed by atoms with van der Waals surface area (Å²) in [4.78, 5) is 27.1. The largest absolute Gasteiger partial charge is 0.492 e. The Kier molecular flexibility index (Phi) is 6.42. The van der Waals surface area contributed by atoms with Gasteiger partial charge in [0, 0.05) is 28.2 Å². The van der Waals surface area contributed by atoms with Crippen molar-refractivity contribution in [2.75, 3.05) is 13.2 Å². The minimum atomic E-state index is -0.335. The molecule has 176 valence electrons. The van der Waals surface area contributed by atoms with Crippen LogP contribution in [0.5, 0.6) is 5.75 Å². The summed E-state index contributed by atoms with van der Waals surface area (Å²) in [6, 6.07) is 22.0. The number of thioether (sulfide) groups is 1. The molecule has 0 radical (unpaired) electrons. The highest BCUT2D eigenvalue weighted by Gasteiger charge is 2.35. The number of amides is 2. The van der Waals surface area contributed by atoms with Crippen LogP contribution in [0.3, 0.4) is 0 Å². The van der Waals surface area contributed by atoms with Crippen molar-refractivity contribution in [3.8, 4) is 5.75 Å². The van der Waals surface area contributed by atoms with Crippen molar-refractivity contribution < 1.29 is 18.7 Å². The van der Waals surface area contributed by atoms with Crippen LogP contribution in [0, 0.1) is 12.7 Å². The number of nitrogens with zero attached hydrogens (tertiary/aromatic N) is 2. The average molecular weight is 487 g/mol. The summed E-state index contributed by atoms with van der Waals surface area (Å²) < 4.78 is 21.9. The molecule has 0 spiro atoms. The van der Waals surface area contributed by atoms with Crippen molar-refractivity contribution in [3.63, 3.8) is 0 Å². The van der Waals surface area contributed by atoms with Crippen molar-refractivity contribution in [2.24, 2.45) is 0 Å². The number of imide groups is 1. The quantitative estimate of drug-likeness (QED) is 0.290. The summed E-state index contributed by atoms with van der Waals surface area (Å²) in [7, 11) is 0. The third-order valence-corrected chi connectivity index (χ3v) is 6.79. The van der Waals surface area contributed by atoms with Crippen LogP contribution in [0.2, 0.25) is 0 Å². The summed E-state index contributed by atoms with van der Waals surface area (Å²) in [5.41, 5.74) is 3.43. The van der Waals surface area contributed by atoms with Crippen molar-refractivity contribution in [2.45, 2.75) is 13.5 Å². The molecule has 0 aliphatic carbocycles. The molecule has 5 rings (SSSR count). The Bertz CT molecular complexity index is 1440. The van der Waals surface area contributed by atoms with E-state index in [0.29, 0.717) is 22.8 Å². The Morgan fingerprint density at radius 2 is 1.71 bits per heavy atom. The van der Waals surface area contributed by atoms with Gasteiger partial charge in [0.1, 0.15) is 18.2 Å². The maximum atomic E-state index is 14.2. The lowest BCUT2D eigenvalue weighted by molar-refractivity contribution is -0.123. The molecule has 0 bridgehead atoms. The number of aromatic nitrogens is 1. The fourth-order valence-corrected chi connectivity index (χ4v) is 4.91. The zero-order chi connectivity index (χ0) is 24.4. The SMILES string of the molecule is Cc1ccc(OCCN2C(=O)S/C(=C\c3cn(Cc4ccccc4F)c4ccccc34)C2=O)cc1. The molecule has 0 saturated carbocycles. The maximum Gasteiger partial charge on any atom is 0.293 e. The van der Waals surface area contributed by atoms with E-state index in [9.17, 15) is 14.0 Å². The number of carbonyl (C=O) groups is 2. The smallest absolute Gasteiger partial charge is 0.293 e. The van der Waals surface area contributed by atoms with Gasteiger partial charge in [-0.1, -0.05) is 54.1 Å².